The Bertz CT molecular complexity index is 678. The number of aromatic hydroxyl groups is 2. The van der Waals surface area contributed by atoms with E-state index in [4.69, 9.17) is 0 Å². The number of carbonyl (C=O) groups is 2. The molecule has 21 heavy (non-hydrogen) atoms. The molecule has 110 valence electrons. The third-order valence-electron chi connectivity index (χ3n) is 3.30. The van der Waals surface area contributed by atoms with Crippen molar-refractivity contribution < 1.29 is 24.9 Å². The zero-order valence-electron chi connectivity index (χ0n) is 11.8. The minimum atomic E-state index is -1.08. The van der Waals surface area contributed by atoms with Crippen LogP contribution in [0, 0.1) is 0 Å². The standard InChI is InChI=1S/C16H16O5/c1-8(2)3-4-10(17)9-7-13(20)14-11(18)5-6-12(19)15(14)16(9)21/h3,5-7,10,17,20-21H,4H2,1-2H3. The molecule has 0 amide bonds. The van der Waals surface area contributed by atoms with Crippen LogP contribution in [0.2, 0.25) is 0 Å². The Hall–Kier alpha value is -2.40. The van der Waals surface area contributed by atoms with Crippen LogP contribution < -0.4 is 0 Å². The van der Waals surface area contributed by atoms with Crippen LogP contribution in [0.25, 0.3) is 0 Å². The highest BCUT2D eigenvalue weighted by atomic mass is 16.3. The molecule has 0 spiro atoms. The number of aliphatic hydroxyl groups is 1. The largest absolute Gasteiger partial charge is 0.507 e. The minimum Gasteiger partial charge on any atom is -0.507 e. The maximum atomic E-state index is 11.8. The number of ketones is 2. The summed E-state index contributed by atoms with van der Waals surface area (Å²) < 4.78 is 0. The highest BCUT2D eigenvalue weighted by molar-refractivity contribution is 6.24. The number of rotatable bonds is 3. The van der Waals surface area contributed by atoms with Crippen molar-refractivity contribution in [2.24, 2.45) is 0 Å². The van der Waals surface area contributed by atoms with E-state index in [9.17, 15) is 24.9 Å². The summed E-state index contributed by atoms with van der Waals surface area (Å²) >= 11 is 0. The molecule has 0 aromatic heterocycles. The van der Waals surface area contributed by atoms with Gasteiger partial charge in [-0.25, -0.2) is 0 Å². The molecular formula is C16H16O5. The number of fused-ring (bicyclic) bond motifs is 1. The fourth-order valence-electron chi connectivity index (χ4n) is 2.21. The molecule has 0 radical (unpaired) electrons. The highest BCUT2D eigenvalue weighted by Crippen LogP contribution is 2.39. The molecule has 5 heteroatoms. The summed E-state index contributed by atoms with van der Waals surface area (Å²) in [6.45, 7) is 3.73. The van der Waals surface area contributed by atoms with Crippen molar-refractivity contribution >= 4 is 11.6 Å². The normalized spacial score (nSPS) is 14.8. The predicted molar refractivity (Wildman–Crippen MR) is 76.6 cm³/mol. The van der Waals surface area contributed by atoms with Gasteiger partial charge in [-0.15, -0.1) is 0 Å². The zero-order valence-corrected chi connectivity index (χ0v) is 11.8. The zero-order chi connectivity index (χ0) is 15.7. The summed E-state index contributed by atoms with van der Waals surface area (Å²) in [7, 11) is 0. The SMILES string of the molecule is CC(C)=CCC(O)c1cc(O)c2c(c1O)C(=O)C=CC2=O. The van der Waals surface area contributed by atoms with Gasteiger partial charge in [0.05, 0.1) is 17.2 Å². The number of hydrogen-bond donors (Lipinski definition) is 3. The molecule has 3 N–H and O–H groups in total. The van der Waals surface area contributed by atoms with Crippen molar-refractivity contribution in [1.29, 1.82) is 0 Å². The quantitative estimate of drug-likeness (QED) is 0.586. The van der Waals surface area contributed by atoms with Crippen LogP contribution >= 0.6 is 0 Å². The monoisotopic (exact) mass is 288 g/mol. The first-order chi connectivity index (χ1) is 9.82. The van der Waals surface area contributed by atoms with Crippen molar-refractivity contribution in [3.63, 3.8) is 0 Å². The fourth-order valence-corrected chi connectivity index (χ4v) is 2.21. The molecule has 0 aliphatic heterocycles. The Morgan fingerprint density at radius 2 is 1.71 bits per heavy atom. The number of benzene rings is 1. The van der Waals surface area contributed by atoms with Gasteiger partial charge in [-0.3, -0.25) is 9.59 Å². The molecule has 1 aliphatic rings. The average molecular weight is 288 g/mol. The number of hydrogen-bond acceptors (Lipinski definition) is 5. The third kappa shape index (κ3) is 2.73. The summed E-state index contributed by atoms with van der Waals surface area (Å²) in [4.78, 5) is 23.6. The highest BCUT2D eigenvalue weighted by Gasteiger charge is 2.29. The van der Waals surface area contributed by atoms with E-state index in [0.717, 1.165) is 23.8 Å². The van der Waals surface area contributed by atoms with Gasteiger partial charge in [0, 0.05) is 5.56 Å². The van der Waals surface area contributed by atoms with Crippen LogP contribution in [0.15, 0.2) is 29.9 Å². The summed E-state index contributed by atoms with van der Waals surface area (Å²) in [5.74, 6) is -2.01. The number of carbonyl (C=O) groups excluding carboxylic acids is 2. The van der Waals surface area contributed by atoms with Crippen molar-refractivity contribution in [3.05, 3.63) is 46.6 Å². The van der Waals surface area contributed by atoms with Crippen LogP contribution in [-0.4, -0.2) is 26.9 Å². The Balaban J connectivity index is 2.55. The second-order valence-corrected chi connectivity index (χ2v) is 5.18. The van der Waals surface area contributed by atoms with Crippen molar-refractivity contribution in [1.82, 2.24) is 0 Å². The summed E-state index contributed by atoms with van der Waals surface area (Å²) in [6, 6.07) is 1.13. The topological polar surface area (TPSA) is 94.8 Å². The van der Waals surface area contributed by atoms with Gasteiger partial charge in [0.15, 0.2) is 11.6 Å². The molecule has 1 atom stereocenters. The van der Waals surface area contributed by atoms with Crippen molar-refractivity contribution in [3.8, 4) is 11.5 Å². The molecule has 1 aromatic rings. The molecule has 0 fully saturated rings. The third-order valence-corrected chi connectivity index (χ3v) is 3.30. The van der Waals surface area contributed by atoms with Crippen LogP contribution in [-0.2, 0) is 0 Å². The van der Waals surface area contributed by atoms with Crippen LogP contribution in [0.3, 0.4) is 0 Å². The first kappa shape index (κ1) is 15.0. The van der Waals surface area contributed by atoms with Crippen molar-refractivity contribution in [2.45, 2.75) is 26.4 Å². The Labute approximate surface area is 121 Å². The second kappa shape index (κ2) is 5.54. The van der Waals surface area contributed by atoms with Gasteiger partial charge >= 0.3 is 0 Å². The van der Waals surface area contributed by atoms with E-state index in [1.165, 1.54) is 0 Å². The van der Waals surface area contributed by atoms with E-state index in [-0.39, 0.29) is 23.1 Å². The lowest BCUT2D eigenvalue weighted by Gasteiger charge is -2.18. The molecule has 0 saturated carbocycles. The van der Waals surface area contributed by atoms with Gasteiger partial charge in [0.25, 0.3) is 0 Å². The first-order valence-corrected chi connectivity index (χ1v) is 6.50. The molecule has 1 aliphatic carbocycles. The fraction of sp³-hybridized carbons (Fsp3) is 0.250. The Morgan fingerprint density at radius 1 is 1.14 bits per heavy atom. The minimum absolute atomic E-state index is 0.0280. The van der Waals surface area contributed by atoms with Gasteiger partial charge < -0.3 is 15.3 Å². The summed E-state index contributed by atoms with van der Waals surface area (Å²) in [5.41, 5.74) is 0.539. The summed E-state index contributed by atoms with van der Waals surface area (Å²) in [5, 5.41) is 30.2. The molecular weight excluding hydrogens is 272 g/mol. The van der Waals surface area contributed by atoms with Crippen LogP contribution in [0.1, 0.15) is 52.7 Å². The number of phenolic OH excluding ortho intramolecular Hbond substituents is 2. The molecule has 0 heterocycles. The number of phenols is 2. The number of allylic oxidation sites excluding steroid dienone is 3. The second-order valence-electron chi connectivity index (χ2n) is 5.18. The number of aliphatic hydroxyl groups excluding tert-OH is 1. The maximum Gasteiger partial charge on any atom is 0.190 e. The van der Waals surface area contributed by atoms with E-state index in [1.54, 1.807) is 6.08 Å². The lowest BCUT2D eigenvalue weighted by Crippen LogP contribution is -2.14. The smallest absolute Gasteiger partial charge is 0.190 e. The molecule has 5 nitrogen and oxygen atoms in total. The van der Waals surface area contributed by atoms with E-state index in [0.29, 0.717) is 0 Å². The van der Waals surface area contributed by atoms with Gasteiger partial charge in [0.1, 0.15) is 11.5 Å². The first-order valence-electron chi connectivity index (χ1n) is 6.50. The molecule has 0 bridgehead atoms. The Kier molecular flexibility index (Phi) is 3.95. The molecule has 1 aromatic carbocycles. The average Bonchev–Trinajstić information content (AvgIpc) is 2.42. The van der Waals surface area contributed by atoms with E-state index in [1.807, 2.05) is 13.8 Å². The molecule has 2 rings (SSSR count). The van der Waals surface area contributed by atoms with Crippen molar-refractivity contribution in [2.75, 3.05) is 0 Å². The maximum absolute atomic E-state index is 11.8. The summed E-state index contributed by atoms with van der Waals surface area (Å²) in [6.07, 6.45) is 3.00. The Morgan fingerprint density at radius 3 is 2.29 bits per heavy atom. The van der Waals surface area contributed by atoms with Gasteiger partial charge in [0.2, 0.25) is 0 Å². The van der Waals surface area contributed by atoms with Crippen LogP contribution in [0.4, 0.5) is 0 Å². The van der Waals surface area contributed by atoms with E-state index >= 15 is 0 Å². The van der Waals surface area contributed by atoms with Gasteiger partial charge in [-0.2, -0.15) is 0 Å². The lowest BCUT2D eigenvalue weighted by molar-refractivity contribution is 0.0988. The lowest BCUT2D eigenvalue weighted by atomic mass is 9.89. The van der Waals surface area contributed by atoms with E-state index in [2.05, 4.69) is 0 Å². The molecule has 1 unspecified atom stereocenters. The molecule has 0 saturated heterocycles. The van der Waals surface area contributed by atoms with E-state index < -0.39 is 29.2 Å². The predicted octanol–water partition coefficient (Wildman–Crippen LogP) is 2.42. The van der Waals surface area contributed by atoms with Gasteiger partial charge in [-0.1, -0.05) is 11.6 Å². The van der Waals surface area contributed by atoms with Gasteiger partial charge in [-0.05, 0) is 38.5 Å². The van der Waals surface area contributed by atoms with Crippen LogP contribution in [0.5, 0.6) is 11.5 Å².